The first kappa shape index (κ1) is 20.6. The van der Waals surface area contributed by atoms with Crippen LogP contribution < -0.4 is 20.5 Å². The molecule has 0 aliphatic carbocycles. The number of benzene rings is 2. The molecule has 31 heavy (non-hydrogen) atoms. The number of aromatic nitrogens is 2. The van der Waals surface area contributed by atoms with E-state index < -0.39 is 11.7 Å². The number of hydrogen-bond donors (Lipinski definition) is 1. The summed E-state index contributed by atoms with van der Waals surface area (Å²) in [5.41, 5.74) is 0.448. The Labute approximate surface area is 179 Å². The smallest absolute Gasteiger partial charge is 0.276 e. The van der Waals surface area contributed by atoms with Gasteiger partial charge in [0.1, 0.15) is 29.6 Å². The first-order valence-corrected chi connectivity index (χ1v) is 10.2. The van der Waals surface area contributed by atoms with Gasteiger partial charge in [0.15, 0.2) is 0 Å². The summed E-state index contributed by atoms with van der Waals surface area (Å²) in [7, 11) is 0. The summed E-state index contributed by atoms with van der Waals surface area (Å²) in [5, 5.41) is 6.77. The van der Waals surface area contributed by atoms with E-state index in [1.807, 2.05) is 35.2 Å². The molecule has 2 heterocycles. The maximum atomic E-state index is 14.5. The van der Waals surface area contributed by atoms with E-state index in [4.69, 9.17) is 4.74 Å². The molecular formula is C23H23FN4O3. The molecule has 4 rings (SSSR count). The predicted molar refractivity (Wildman–Crippen MR) is 116 cm³/mol. The number of nitrogens with zero attached hydrogens (tertiary/aromatic N) is 3. The first-order chi connectivity index (χ1) is 15.1. The molecule has 0 spiro atoms. The zero-order valence-electron chi connectivity index (χ0n) is 17.0. The molecule has 0 atom stereocenters. The summed E-state index contributed by atoms with van der Waals surface area (Å²) in [6.07, 6.45) is 2.06. The fourth-order valence-corrected chi connectivity index (χ4v) is 3.53. The molecule has 7 nitrogen and oxygen atoms in total. The van der Waals surface area contributed by atoms with Crippen molar-refractivity contribution >= 4 is 17.3 Å². The van der Waals surface area contributed by atoms with Crippen LogP contribution in [-0.2, 0) is 6.54 Å². The van der Waals surface area contributed by atoms with E-state index in [0.29, 0.717) is 11.4 Å². The second-order valence-corrected chi connectivity index (χ2v) is 7.22. The Hall–Kier alpha value is -3.68. The van der Waals surface area contributed by atoms with Gasteiger partial charge in [0.05, 0.1) is 12.2 Å². The lowest BCUT2D eigenvalue weighted by molar-refractivity contribution is 0.101. The minimum Gasteiger partial charge on any atom is -0.492 e. The van der Waals surface area contributed by atoms with Crippen LogP contribution in [0.5, 0.6) is 5.75 Å². The summed E-state index contributed by atoms with van der Waals surface area (Å²) in [6, 6.07) is 16.5. The average Bonchev–Trinajstić information content (AvgIpc) is 3.32. The molecule has 0 unspecified atom stereocenters. The third kappa shape index (κ3) is 4.91. The van der Waals surface area contributed by atoms with Crippen molar-refractivity contribution in [2.24, 2.45) is 0 Å². The van der Waals surface area contributed by atoms with Gasteiger partial charge in [0.25, 0.3) is 11.5 Å². The van der Waals surface area contributed by atoms with Crippen LogP contribution in [0.4, 0.5) is 15.8 Å². The molecule has 1 amide bonds. The van der Waals surface area contributed by atoms with Gasteiger partial charge in [-0.25, -0.2) is 9.07 Å². The van der Waals surface area contributed by atoms with Crippen LogP contribution in [0.2, 0.25) is 0 Å². The van der Waals surface area contributed by atoms with Crippen LogP contribution in [0.25, 0.3) is 0 Å². The predicted octanol–water partition coefficient (Wildman–Crippen LogP) is 3.31. The summed E-state index contributed by atoms with van der Waals surface area (Å²) >= 11 is 0. The fraction of sp³-hybridized carbons (Fsp3) is 0.261. The minimum atomic E-state index is -0.580. The highest BCUT2D eigenvalue weighted by atomic mass is 19.1. The van der Waals surface area contributed by atoms with E-state index in [9.17, 15) is 14.0 Å². The lowest BCUT2D eigenvalue weighted by Gasteiger charge is -2.22. The molecule has 1 aliphatic rings. The lowest BCUT2D eigenvalue weighted by Crippen LogP contribution is -2.28. The van der Waals surface area contributed by atoms with Gasteiger partial charge in [-0.2, -0.15) is 5.10 Å². The fourth-order valence-electron chi connectivity index (χ4n) is 3.53. The Kier molecular flexibility index (Phi) is 6.26. The van der Waals surface area contributed by atoms with Crippen molar-refractivity contribution in [2.75, 3.05) is 29.9 Å². The highest BCUT2D eigenvalue weighted by Gasteiger charge is 2.21. The Morgan fingerprint density at radius 2 is 1.81 bits per heavy atom. The van der Waals surface area contributed by atoms with Gasteiger partial charge in [0, 0.05) is 19.2 Å². The molecule has 1 aliphatic heterocycles. The zero-order chi connectivity index (χ0) is 21.6. The summed E-state index contributed by atoms with van der Waals surface area (Å²) in [4.78, 5) is 27.0. The molecule has 1 saturated heterocycles. The largest absolute Gasteiger partial charge is 0.492 e. The number of rotatable bonds is 7. The summed E-state index contributed by atoms with van der Waals surface area (Å²) in [6.45, 7) is 2.02. The number of carbonyl (C=O) groups excluding carboxylic acids is 1. The maximum absolute atomic E-state index is 14.5. The van der Waals surface area contributed by atoms with E-state index >= 15 is 0 Å². The van der Waals surface area contributed by atoms with Gasteiger partial charge in [0.2, 0.25) is 0 Å². The zero-order valence-corrected chi connectivity index (χ0v) is 17.0. The second-order valence-electron chi connectivity index (χ2n) is 7.22. The number of para-hydroxylation sites is 2. The van der Waals surface area contributed by atoms with Gasteiger partial charge in [-0.15, -0.1) is 0 Å². The van der Waals surface area contributed by atoms with Crippen LogP contribution in [0.1, 0.15) is 23.3 Å². The number of halogens is 1. The molecule has 1 aromatic heterocycles. The third-order valence-electron chi connectivity index (χ3n) is 5.09. The van der Waals surface area contributed by atoms with E-state index in [2.05, 4.69) is 10.4 Å². The van der Waals surface area contributed by atoms with E-state index in [0.717, 1.165) is 25.9 Å². The van der Waals surface area contributed by atoms with Crippen LogP contribution in [0.3, 0.4) is 0 Å². The molecule has 160 valence electrons. The molecule has 0 saturated carbocycles. The van der Waals surface area contributed by atoms with Gasteiger partial charge in [-0.1, -0.05) is 24.3 Å². The van der Waals surface area contributed by atoms with E-state index in [-0.39, 0.29) is 30.1 Å². The van der Waals surface area contributed by atoms with Gasteiger partial charge in [-0.05, 0) is 43.2 Å². The van der Waals surface area contributed by atoms with Gasteiger partial charge < -0.3 is 15.0 Å². The number of ether oxygens (including phenoxy) is 1. The highest BCUT2D eigenvalue weighted by Crippen LogP contribution is 2.31. The van der Waals surface area contributed by atoms with Crippen molar-refractivity contribution in [2.45, 2.75) is 19.4 Å². The van der Waals surface area contributed by atoms with Crippen molar-refractivity contribution in [1.29, 1.82) is 0 Å². The Morgan fingerprint density at radius 3 is 2.58 bits per heavy atom. The molecule has 0 radical (unpaired) electrons. The van der Waals surface area contributed by atoms with Crippen molar-refractivity contribution in [3.8, 4) is 5.75 Å². The lowest BCUT2D eigenvalue weighted by atomic mass is 10.2. The SMILES string of the molecule is O=C(Nc1c(F)cccc1N1CCCC1)c1ccc(=O)n(CCOc2ccccc2)n1. The molecule has 3 aromatic rings. The van der Waals surface area contributed by atoms with E-state index in [1.165, 1.54) is 22.9 Å². The molecule has 0 bridgehead atoms. The molecular weight excluding hydrogens is 399 g/mol. The van der Waals surface area contributed by atoms with Crippen molar-refractivity contribution in [3.05, 3.63) is 82.5 Å². The molecule has 1 fully saturated rings. The number of nitrogens with one attached hydrogen (secondary N) is 1. The quantitative estimate of drug-likeness (QED) is 0.632. The van der Waals surface area contributed by atoms with Gasteiger partial charge >= 0.3 is 0 Å². The second kappa shape index (κ2) is 9.42. The number of anilines is 2. The topological polar surface area (TPSA) is 76.5 Å². The standard InChI is InChI=1S/C23H23FN4O3/c24-18-9-6-10-20(27-13-4-5-14-27)22(18)25-23(30)19-11-12-21(29)28(26-19)15-16-31-17-7-2-1-3-8-17/h1-3,6-12H,4-5,13-16H2,(H,25,30). The summed E-state index contributed by atoms with van der Waals surface area (Å²) < 4.78 is 21.3. The van der Waals surface area contributed by atoms with Crippen molar-refractivity contribution in [1.82, 2.24) is 9.78 Å². The van der Waals surface area contributed by atoms with Crippen LogP contribution >= 0.6 is 0 Å². The Bertz CT molecular complexity index is 1110. The average molecular weight is 422 g/mol. The highest BCUT2D eigenvalue weighted by molar-refractivity contribution is 6.04. The third-order valence-corrected chi connectivity index (χ3v) is 5.09. The van der Waals surface area contributed by atoms with Crippen LogP contribution in [-0.4, -0.2) is 35.4 Å². The van der Waals surface area contributed by atoms with E-state index in [1.54, 1.807) is 12.1 Å². The number of hydrogen-bond acceptors (Lipinski definition) is 5. The summed E-state index contributed by atoms with van der Waals surface area (Å²) in [5.74, 6) is -0.413. The van der Waals surface area contributed by atoms with Crippen molar-refractivity contribution < 1.29 is 13.9 Å². The first-order valence-electron chi connectivity index (χ1n) is 10.2. The Balaban J connectivity index is 1.48. The molecule has 8 heteroatoms. The monoisotopic (exact) mass is 422 g/mol. The number of amides is 1. The minimum absolute atomic E-state index is 0.0231. The van der Waals surface area contributed by atoms with Gasteiger partial charge in [-0.3, -0.25) is 9.59 Å². The molecule has 1 N–H and O–H groups in total. The van der Waals surface area contributed by atoms with Crippen LogP contribution in [0, 0.1) is 5.82 Å². The number of carbonyl (C=O) groups is 1. The Morgan fingerprint density at radius 1 is 1.03 bits per heavy atom. The maximum Gasteiger partial charge on any atom is 0.276 e. The normalized spacial score (nSPS) is 13.3. The molecule has 2 aromatic carbocycles. The van der Waals surface area contributed by atoms with Crippen LogP contribution in [0.15, 0.2) is 65.5 Å². The van der Waals surface area contributed by atoms with Crippen molar-refractivity contribution in [3.63, 3.8) is 0 Å².